The van der Waals surface area contributed by atoms with E-state index in [0.29, 0.717) is 11.3 Å². The van der Waals surface area contributed by atoms with Gasteiger partial charge in [0, 0.05) is 16.9 Å². The molecule has 3 amide bonds. The van der Waals surface area contributed by atoms with Crippen molar-refractivity contribution in [1.82, 2.24) is 10.2 Å². The molecule has 0 radical (unpaired) electrons. The van der Waals surface area contributed by atoms with Crippen LogP contribution in [0.5, 0.6) is 0 Å². The maximum Gasteiger partial charge on any atom is 0.411 e. The second-order valence-corrected chi connectivity index (χ2v) is 13.2. The van der Waals surface area contributed by atoms with E-state index in [1.807, 2.05) is 13.8 Å². The van der Waals surface area contributed by atoms with Gasteiger partial charge in [-0.1, -0.05) is 41.4 Å². The number of carbonyl (C=O) groups excluding carboxylic acids is 4. The summed E-state index contributed by atoms with van der Waals surface area (Å²) in [6.07, 6.45) is -0.480. The highest BCUT2D eigenvalue weighted by Gasteiger charge is 2.49. The van der Waals surface area contributed by atoms with Crippen LogP contribution in [-0.4, -0.2) is 64.2 Å². The lowest BCUT2D eigenvalue weighted by Crippen LogP contribution is -2.57. The molecule has 1 fully saturated rings. The van der Waals surface area contributed by atoms with E-state index in [1.165, 1.54) is 23.8 Å². The van der Waals surface area contributed by atoms with Gasteiger partial charge in [0.2, 0.25) is 5.91 Å². The Morgan fingerprint density at radius 3 is 2.23 bits per heavy atom. The molecule has 2 N–H and O–H groups in total. The second-order valence-electron chi connectivity index (χ2n) is 10.8. The number of nitrogens with zero attached hydrogens (tertiary/aromatic N) is 1. The summed E-state index contributed by atoms with van der Waals surface area (Å²) >= 11 is 13.7. The Balaban J connectivity index is 1.73. The van der Waals surface area contributed by atoms with Crippen molar-refractivity contribution in [1.29, 1.82) is 0 Å². The summed E-state index contributed by atoms with van der Waals surface area (Å²) in [7, 11) is 1.24. The van der Waals surface area contributed by atoms with E-state index in [9.17, 15) is 19.2 Å². The second kappa shape index (κ2) is 12.7. The molecule has 2 aromatic carbocycles. The van der Waals surface area contributed by atoms with Crippen LogP contribution in [0.15, 0.2) is 42.5 Å². The zero-order valence-corrected chi connectivity index (χ0v) is 25.5. The lowest BCUT2D eigenvalue weighted by molar-refractivity contribution is -0.145. The van der Waals surface area contributed by atoms with E-state index >= 15 is 0 Å². The summed E-state index contributed by atoms with van der Waals surface area (Å²) in [5.41, 5.74) is 0.626. The number of nitrogens with one attached hydrogen (secondary N) is 2. The van der Waals surface area contributed by atoms with Crippen molar-refractivity contribution in [2.24, 2.45) is 0 Å². The van der Waals surface area contributed by atoms with E-state index in [-0.39, 0.29) is 27.9 Å². The molecule has 12 heteroatoms. The molecular formula is C28H33Cl2N3O6S. The molecular weight excluding hydrogens is 577 g/mol. The number of anilines is 1. The van der Waals surface area contributed by atoms with Crippen LogP contribution in [-0.2, 0) is 25.5 Å². The van der Waals surface area contributed by atoms with Gasteiger partial charge in [0.15, 0.2) is 0 Å². The van der Waals surface area contributed by atoms with Crippen molar-refractivity contribution in [2.45, 2.75) is 63.5 Å². The fourth-order valence-electron chi connectivity index (χ4n) is 4.15. The smallest absolute Gasteiger partial charge is 0.411 e. The first-order chi connectivity index (χ1) is 18.6. The maximum absolute atomic E-state index is 13.5. The number of hydrogen-bond acceptors (Lipinski definition) is 7. The fourth-order valence-corrected chi connectivity index (χ4v) is 5.84. The molecule has 1 heterocycles. The van der Waals surface area contributed by atoms with Crippen LogP contribution >= 0.6 is 35.0 Å². The Kier molecular flexibility index (Phi) is 10.0. The predicted octanol–water partition coefficient (Wildman–Crippen LogP) is 5.53. The normalized spacial score (nSPS) is 17.1. The zero-order valence-electron chi connectivity index (χ0n) is 23.2. The van der Waals surface area contributed by atoms with E-state index in [0.717, 1.165) is 0 Å². The van der Waals surface area contributed by atoms with Gasteiger partial charge in [0.25, 0.3) is 5.91 Å². The van der Waals surface area contributed by atoms with Gasteiger partial charge in [-0.3, -0.25) is 14.5 Å². The van der Waals surface area contributed by atoms with Crippen molar-refractivity contribution < 1.29 is 28.7 Å². The molecule has 216 valence electrons. The molecule has 3 rings (SSSR count). The number of halogens is 2. The average Bonchev–Trinajstić information content (AvgIpc) is 3.18. The first kappa shape index (κ1) is 31.6. The summed E-state index contributed by atoms with van der Waals surface area (Å²) < 4.78 is 9.82. The highest BCUT2D eigenvalue weighted by molar-refractivity contribution is 8.00. The van der Waals surface area contributed by atoms with Gasteiger partial charge in [-0.25, -0.2) is 9.59 Å². The first-order valence-electron chi connectivity index (χ1n) is 12.5. The molecule has 1 saturated heterocycles. The van der Waals surface area contributed by atoms with Crippen LogP contribution in [0, 0.1) is 0 Å². The van der Waals surface area contributed by atoms with E-state index in [2.05, 4.69) is 10.6 Å². The highest BCUT2D eigenvalue weighted by Crippen LogP contribution is 2.40. The summed E-state index contributed by atoms with van der Waals surface area (Å²) in [6, 6.07) is 9.67. The molecule has 0 spiro atoms. The molecule has 2 aromatic rings. The summed E-state index contributed by atoms with van der Waals surface area (Å²) in [5, 5.41) is 5.97. The third-order valence-electron chi connectivity index (χ3n) is 6.07. The van der Waals surface area contributed by atoms with Gasteiger partial charge in [-0.15, -0.1) is 11.8 Å². The molecule has 1 aliphatic rings. The molecule has 1 aliphatic heterocycles. The minimum absolute atomic E-state index is 0.121. The minimum Gasteiger partial charge on any atom is -0.467 e. The Bertz CT molecular complexity index is 1260. The van der Waals surface area contributed by atoms with Crippen LogP contribution in [0.2, 0.25) is 10.0 Å². The van der Waals surface area contributed by atoms with Crippen LogP contribution in [0.1, 0.15) is 50.5 Å². The van der Waals surface area contributed by atoms with Crippen molar-refractivity contribution in [2.75, 3.05) is 18.3 Å². The van der Waals surface area contributed by atoms with E-state index < -0.39 is 46.3 Å². The van der Waals surface area contributed by atoms with Crippen LogP contribution in [0.3, 0.4) is 0 Å². The lowest BCUT2D eigenvalue weighted by atomic mass is 9.99. The van der Waals surface area contributed by atoms with E-state index in [4.69, 9.17) is 32.7 Å². The van der Waals surface area contributed by atoms with Gasteiger partial charge in [0.1, 0.15) is 17.7 Å². The SMILES string of the molecule is COC(=O)[C@H](Cc1ccc(NC(=O)c2c(Cl)cccc2Cl)cc1)NC(=O)C1N(C(=O)OC(C)(C)C)CSC1(C)C. The van der Waals surface area contributed by atoms with Crippen molar-refractivity contribution >= 4 is 64.5 Å². The third kappa shape index (κ3) is 7.83. The van der Waals surface area contributed by atoms with Crippen molar-refractivity contribution in [3.63, 3.8) is 0 Å². The summed E-state index contributed by atoms with van der Waals surface area (Å²) in [4.78, 5) is 53.0. The monoisotopic (exact) mass is 609 g/mol. The van der Waals surface area contributed by atoms with E-state index in [1.54, 1.807) is 63.2 Å². The lowest BCUT2D eigenvalue weighted by Gasteiger charge is -2.32. The van der Waals surface area contributed by atoms with Gasteiger partial charge >= 0.3 is 12.1 Å². The quantitative estimate of drug-likeness (QED) is 0.396. The summed E-state index contributed by atoms with van der Waals surface area (Å²) in [5.74, 6) is -1.31. The number of esters is 1. The topological polar surface area (TPSA) is 114 Å². The molecule has 1 unspecified atom stereocenters. The van der Waals surface area contributed by atoms with Crippen LogP contribution in [0.4, 0.5) is 10.5 Å². The molecule has 0 aromatic heterocycles. The number of thioether (sulfide) groups is 1. The molecule has 0 bridgehead atoms. The van der Waals surface area contributed by atoms with Crippen LogP contribution < -0.4 is 10.6 Å². The average molecular weight is 611 g/mol. The Labute approximate surface area is 248 Å². The van der Waals surface area contributed by atoms with Crippen molar-refractivity contribution in [3.05, 3.63) is 63.6 Å². The van der Waals surface area contributed by atoms with Gasteiger partial charge in [0.05, 0.1) is 28.6 Å². The van der Waals surface area contributed by atoms with Gasteiger partial charge < -0.3 is 20.1 Å². The number of ether oxygens (including phenoxy) is 2. The number of amides is 3. The Hall–Kier alpha value is -2.95. The Morgan fingerprint density at radius 1 is 1.07 bits per heavy atom. The largest absolute Gasteiger partial charge is 0.467 e. The predicted molar refractivity (Wildman–Crippen MR) is 157 cm³/mol. The molecule has 40 heavy (non-hydrogen) atoms. The highest BCUT2D eigenvalue weighted by atomic mass is 35.5. The Morgan fingerprint density at radius 2 is 1.68 bits per heavy atom. The molecule has 0 saturated carbocycles. The number of rotatable bonds is 7. The maximum atomic E-state index is 13.5. The van der Waals surface area contributed by atoms with Gasteiger partial charge in [-0.05, 0) is 64.4 Å². The fraction of sp³-hybridized carbons (Fsp3) is 0.429. The first-order valence-corrected chi connectivity index (χ1v) is 14.2. The van der Waals surface area contributed by atoms with Crippen LogP contribution in [0.25, 0.3) is 0 Å². The number of benzene rings is 2. The standard InChI is InChI=1S/C28H33Cl2N3O6S/c1-27(2,3)39-26(37)33-15-40-28(4,5)22(33)24(35)32-20(25(36)38-6)14-16-10-12-17(13-11-16)31-23(34)21-18(29)8-7-9-19(21)30/h7-13,20,22H,14-15H2,1-6H3,(H,31,34)(H,32,35)/t20-,22?/m0/s1. The number of methoxy groups -OCH3 is 1. The summed E-state index contributed by atoms with van der Waals surface area (Å²) in [6.45, 7) is 8.99. The third-order valence-corrected chi connectivity index (χ3v) is 8.07. The molecule has 0 aliphatic carbocycles. The van der Waals surface area contributed by atoms with Gasteiger partial charge in [-0.2, -0.15) is 0 Å². The van der Waals surface area contributed by atoms with Crippen molar-refractivity contribution in [3.8, 4) is 0 Å². The minimum atomic E-state index is -1.01. The molecule has 2 atom stereocenters. The molecule has 9 nitrogen and oxygen atoms in total. The zero-order chi connectivity index (χ0) is 29.8. The number of hydrogen-bond donors (Lipinski definition) is 2. The number of carbonyl (C=O) groups is 4.